The molecule has 2 aromatic carbocycles. The fourth-order valence-electron chi connectivity index (χ4n) is 3.25. The van der Waals surface area contributed by atoms with Crippen molar-refractivity contribution in [3.8, 4) is 0 Å². The van der Waals surface area contributed by atoms with Crippen LogP contribution >= 0.6 is 0 Å². The first-order valence-corrected chi connectivity index (χ1v) is 9.44. The van der Waals surface area contributed by atoms with Gasteiger partial charge in [-0.2, -0.15) is 8.42 Å². The Bertz CT molecular complexity index is 1030. The van der Waals surface area contributed by atoms with E-state index in [0.29, 0.717) is 10.9 Å². The van der Waals surface area contributed by atoms with Gasteiger partial charge in [-0.15, -0.1) is 0 Å². The molecular weight excluding hydrogens is 358 g/mol. The number of carbonyl (C=O) groups excluding carboxylic acids is 3. The molecule has 0 saturated heterocycles. The molecule has 0 radical (unpaired) electrons. The first-order chi connectivity index (χ1) is 12.1. The van der Waals surface area contributed by atoms with E-state index in [1.54, 1.807) is 25.1 Å². The minimum absolute atomic E-state index is 0.0212. The number of hydrogen-bond donors (Lipinski definition) is 2. The molecule has 1 aliphatic rings. The monoisotopic (exact) mass is 375 g/mol. The van der Waals surface area contributed by atoms with E-state index in [-0.39, 0.29) is 46.8 Å². The lowest BCUT2D eigenvalue weighted by molar-refractivity contribution is -0.136. The summed E-state index contributed by atoms with van der Waals surface area (Å²) in [6.45, 7) is 1.69. The topological polar surface area (TPSA) is 118 Å². The molecule has 0 unspecified atom stereocenters. The number of rotatable bonds is 3. The summed E-state index contributed by atoms with van der Waals surface area (Å²) in [6.07, 6.45) is -0.191. The van der Waals surface area contributed by atoms with Crippen LogP contribution in [0.3, 0.4) is 0 Å². The van der Waals surface area contributed by atoms with Crippen molar-refractivity contribution in [3.05, 3.63) is 35.9 Å². The lowest BCUT2D eigenvalue weighted by Crippen LogP contribution is -2.32. The summed E-state index contributed by atoms with van der Waals surface area (Å²) in [5.74, 6) is -1.87. The number of nitrogens with one attached hydrogen (secondary N) is 1. The molecule has 0 bridgehead atoms. The van der Waals surface area contributed by atoms with Gasteiger partial charge >= 0.3 is 0 Å². The van der Waals surface area contributed by atoms with E-state index in [0.717, 1.165) is 0 Å². The van der Waals surface area contributed by atoms with Crippen LogP contribution in [-0.2, 0) is 24.5 Å². The molecule has 1 fully saturated rings. The highest BCUT2D eigenvalue weighted by molar-refractivity contribution is 7.86. The van der Waals surface area contributed by atoms with Crippen molar-refractivity contribution in [2.24, 2.45) is 5.92 Å². The number of anilines is 1. The maximum absolute atomic E-state index is 12.5. The summed E-state index contributed by atoms with van der Waals surface area (Å²) < 4.78 is 33.1. The van der Waals surface area contributed by atoms with Crippen LogP contribution in [0.15, 0.2) is 35.2 Å². The number of carbonyl (C=O) groups is 3. The predicted octanol–water partition coefficient (Wildman–Crippen LogP) is 2.27. The molecule has 0 aliphatic heterocycles. The molecule has 1 amide bonds. The average Bonchev–Trinajstić information content (AvgIpc) is 2.52. The molecule has 3 rings (SSSR count). The molecule has 2 aromatic rings. The zero-order valence-electron chi connectivity index (χ0n) is 14.0. The van der Waals surface area contributed by atoms with E-state index in [4.69, 9.17) is 0 Å². The number of amides is 1. The zero-order chi connectivity index (χ0) is 19.1. The molecular formula is C18H17NO6S. The van der Waals surface area contributed by atoms with Gasteiger partial charge in [0.25, 0.3) is 10.1 Å². The molecule has 1 aliphatic carbocycles. The van der Waals surface area contributed by atoms with Crippen LogP contribution in [0, 0.1) is 12.8 Å². The van der Waals surface area contributed by atoms with Gasteiger partial charge in [0.05, 0.1) is 12.3 Å². The van der Waals surface area contributed by atoms with E-state index >= 15 is 0 Å². The van der Waals surface area contributed by atoms with Crippen LogP contribution < -0.4 is 5.32 Å². The van der Waals surface area contributed by atoms with E-state index in [1.165, 1.54) is 12.1 Å². The Labute approximate surface area is 150 Å². The van der Waals surface area contributed by atoms with Crippen LogP contribution in [0.25, 0.3) is 10.8 Å². The Kier molecular flexibility index (Phi) is 4.64. The van der Waals surface area contributed by atoms with Gasteiger partial charge in [0.2, 0.25) is 5.91 Å². The largest absolute Gasteiger partial charge is 0.325 e. The van der Waals surface area contributed by atoms with Gasteiger partial charge in [-0.25, -0.2) is 0 Å². The molecule has 1 saturated carbocycles. The smallest absolute Gasteiger partial charge is 0.295 e. The molecule has 7 nitrogen and oxygen atoms in total. The van der Waals surface area contributed by atoms with Crippen molar-refractivity contribution < 1.29 is 27.4 Å². The summed E-state index contributed by atoms with van der Waals surface area (Å²) >= 11 is 0. The second-order valence-electron chi connectivity index (χ2n) is 6.49. The van der Waals surface area contributed by atoms with Gasteiger partial charge in [-0.3, -0.25) is 18.9 Å². The number of benzene rings is 2. The van der Waals surface area contributed by atoms with Gasteiger partial charge in [-0.05, 0) is 30.0 Å². The van der Waals surface area contributed by atoms with Crippen LogP contribution in [0.2, 0.25) is 0 Å². The lowest BCUT2D eigenvalue weighted by Gasteiger charge is -2.20. The highest BCUT2D eigenvalue weighted by Crippen LogP contribution is 2.32. The average molecular weight is 375 g/mol. The molecule has 136 valence electrons. The fraction of sp³-hybridized carbons (Fsp3) is 0.278. The Morgan fingerprint density at radius 2 is 1.81 bits per heavy atom. The fourth-order valence-corrected chi connectivity index (χ4v) is 4.07. The third kappa shape index (κ3) is 3.66. The first-order valence-electron chi connectivity index (χ1n) is 8.00. The number of ketones is 2. The molecule has 0 atom stereocenters. The molecule has 0 aromatic heterocycles. The second-order valence-corrected chi connectivity index (χ2v) is 7.88. The van der Waals surface area contributed by atoms with Crippen LogP contribution in [0.4, 0.5) is 5.69 Å². The Hall–Kier alpha value is -2.58. The maximum Gasteiger partial charge on any atom is 0.295 e. The van der Waals surface area contributed by atoms with Crippen molar-refractivity contribution in [1.29, 1.82) is 0 Å². The number of Topliss-reactive ketones (excluding diaryl/α,β-unsaturated/α-hetero) is 2. The Morgan fingerprint density at radius 1 is 1.15 bits per heavy atom. The van der Waals surface area contributed by atoms with E-state index in [2.05, 4.69) is 5.32 Å². The van der Waals surface area contributed by atoms with E-state index in [1.807, 2.05) is 0 Å². The summed E-state index contributed by atoms with van der Waals surface area (Å²) in [7, 11) is -4.51. The molecule has 0 heterocycles. The normalized spacial score (nSPS) is 16.1. The van der Waals surface area contributed by atoms with Crippen LogP contribution in [-0.4, -0.2) is 30.4 Å². The Morgan fingerprint density at radius 3 is 2.42 bits per heavy atom. The summed E-state index contributed by atoms with van der Waals surface area (Å²) in [5, 5.41) is 3.33. The highest BCUT2D eigenvalue weighted by Gasteiger charge is 2.31. The first kappa shape index (κ1) is 18.2. The standard InChI is InChI=1S/C18H17NO6S/c1-10-5-11-3-2-4-15(17(11)16(6-10)26(23,24)25)19-18(22)12-7-13(20)9-14(21)8-12/h2-6,12H,7-9H2,1H3,(H,19,22)(H,23,24,25). The summed E-state index contributed by atoms with van der Waals surface area (Å²) in [6, 6.07) is 7.87. The van der Waals surface area contributed by atoms with Crippen molar-refractivity contribution in [2.75, 3.05) is 5.32 Å². The Balaban J connectivity index is 2.04. The van der Waals surface area contributed by atoms with Gasteiger partial charge in [0, 0.05) is 23.9 Å². The summed E-state index contributed by atoms with van der Waals surface area (Å²) in [4.78, 5) is 35.3. The van der Waals surface area contributed by atoms with Crippen LogP contribution in [0.5, 0.6) is 0 Å². The zero-order valence-corrected chi connectivity index (χ0v) is 14.8. The minimum Gasteiger partial charge on any atom is -0.325 e. The highest BCUT2D eigenvalue weighted by atomic mass is 32.2. The summed E-state index contributed by atoms with van der Waals surface area (Å²) in [5.41, 5.74) is 0.836. The second kappa shape index (κ2) is 6.62. The molecule has 8 heteroatoms. The quantitative estimate of drug-likeness (QED) is 0.628. The van der Waals surface area contributed by atoms with Gasteiger partial charge in [-0.1, -0.05) is 18.2 Å². The molecule has 26 heavy (non-hydrogen) atoms. The number of hydrogen-bond acceptors (Lipinski definition) is 5. The van der Waals surface area contributed by atoms with Crippen molar-refractivity contribution in [2.45, 2.75) is 31.1 Å². The third-order valence-electron chi connectivity index (χ3n) is 4.33. The number of fused-ring (bicyclic) bond motifs is 1. The van der Waals surface area contributed by atoms with Crippen molar-refractivity contribution in [1.82, 2.24) is 0 Å². The van der Waals surface area contributed by atoms with Gasteiger partial charge < -0.3 is 5.32 Å². The van der Waals surface area contributed by atoms with Crippen LogP contribution in [0.1, 0.15) is 24.8 Å². The van der Waals surface area contributed by atoms with E-state index in [9.17, 15) is 27.4 Å². The predicted molar refractivity (Wildman–Crippen MR) is 94.5 cm³/mol. The number of aryl methyl sites for hydroxylation is 1. The van der Waals surface area contributed by atoms with Crippen molar-refractivity contribution >= 4 is 44.1 Å². The SMILES string of the molecule is Cc1cc(S(=O)(=O)O)c2c(NC(=O)C3CC(=O)CC(=O)C3)cccc2c1. The molecule has 2 N–H and O–H groups in total. The van der Waals surface area contributed by atoms with Crippen molar-refractivity contribution in [3.63, 3.8) is 0 Å². The molecule has 0 spiro atoms. The lowest BCUT2D eigenvalue weighted by atomic mass is 9.86. The van der Waals surface area contributed by atoms with Gasteiger partial charge in [0.15, 0.2) is 0 Å². The minimum atomic E-state index is -4.51. The van der Waals surface area contributed by atoms with E-state index < -0.39 is 21.9 Å². The maximum atomic E-state index is 12.5. The van der Waals surface area contributed by atoms with Gasteiger partial charge in [0.1, 0.15) is 16.5 Å². The third-order valence-corrected chi connectivity index (χ3v) is 5.21.